The third kappa shape index (κ3) is 3.88. The van der Waals surface area contributed by atoms with E-state index in [1.165, 1.54) is 16.2 Å². The van der Waals surface area contributed by atoms with Crippen molar-refractivity contribution in [2.24, 2.45) is 0 Å². The van der Waals surface area contributed by atoms with Crippen molar-refractivity contribution in [1.82, 2.24) is 9.88 Å². The number of pyridine rings is 1. The summed E-state index contributed by atoms with van der Waals surface area (Å²) < 4.78 is 21.4. The Kier molecular flexibility index (Phi) is 5.63. The molecule has 2 amide bonds. The average molecular weight is 473 g/mol. The Morgan fingerprint density at radius 1 is 1.19 bits per heavy atom. The summed E-state index contributed by atoms with van der Waals surface area (Å²) in [7, 11) is 0. The van der Waals surface area contributed by atoms with Gasteiger partial charge in [0.15, 0.2) is 0 Å². The molecule has 1 aliphatic heterocycles. The standard InChI is InChI=1S/C24H22ClFN2O3S/c1-13-9-14(25)10-17(23(13)31-20-4-2-3-18(20)26)16-7-8-27-19-11-15(32-24(16)19)12-28-21(29)5-6-22(28)30/h7-11,18,20H,2-6,12H2,1H3/t18-,20-/m1/s1. The number of hydrogen-bond donors (Lipinski definition) is 0. The number of alkyl halides is 1. The van der Waals surface area contributed by atoms with Gasteiger partial charge in [0.05, 0.1) is 16.8 Å². The maximum Gasteiger partial charge on any atom is 0.230 e. The van der Waals surface area contributed by atoms with Gasteiger partial charge in [-0.3, -0.25) is 19.5 Å². The third-order valence-electron chi connectivity index (χ3n) is 6.10. The fourth-order valence-electron chi connectivity index (χ4n) is 4.48. The first-order valence-corrected chi connectivity index (χ1v) is 11.9. The molecule has 1 aliphatic carbocycles. The molecule has 0 N–H and O–H groups in total. The minimum atomic E-state index is -0.973. The molecule has 0 spiro atoms. The summed E-state index contributed by atoms with van der Waals surface area (Å²) in [5, 5.41) is 0.572. The highest BCUT2D eigenvalue weighted by Crippen LogP contribution is 2.43. The normalized spacial score (nSPS) is 21.2. The van der Waals surface area contributed by atoms with E-state index >= 15 is 0 Å². The van der Waals surface area contributed by atoms with Crippen molar-refractivity contribution in [3.05, 3.63) is 45.9 Å². The molecule has 0 unspecified atom stereocenters. The van der Waals surface area contributed by atoms with Crippen LogP contribution < -0.4 is 4.74 Å². The zero-order valence-corrected chi connectivity index (χ0v) is 19.1. The number of amides is 2. The lowest BCUT2D eigenvalue weighted by Crippen LogP contribution is -2.27. The van der Waals surface area contributed by atoms with Crippen LogP contribution in [0.1, 0.15) is 42.5 Å². The molecule has 32 heavy (non-hydrogen) atoms. The van der Waals surface area contributed by atoms with Gasteiger partial charge in [-0.1, -0.05) is 11.6 Å². The number of aryl methyl sites for hydroxylation is 1. The van der Waals surface area contributed by atoms with Gasteiger partial charge in [-0.15, -0.1) is 11.3 Å². The molecule has 1 saturated carbocycles. The summed E-state index contributed by atoms with van der Waals surface area (Å²) in [6.07, 6.45) is 2.85. The molecule has 166 valence electrons. The van der Waals surface area contributed by atoms with Gasteiger partial charge in [-0.25, -0.2) is 4.39 Å². The predicted octanol–water partition coefficient (Wildman–Crippen LogP) is 5.84. The molecule has 5 rings (SSSR count). The number of likely N-dealkylation sites (tertiary alicyclic amines) is 1. The second-order valence-electron chi connectivity index (χ2n) is 8.36. The quantitative estimate of drug-likeness (QED) is 0.437. The van der Waals surface area contributed by atoms with E-state index in [1.54, 1.807) is 6.20 Å². The molecular weight excluding hydrogens is 451 g/mol. The SMILES string of the molecule is Cc1cc(Cl)cc(-c2ccnc3cc(CN4C(=O)CCC4=O)sc23)c1O[C@@H]1CCC[C@H]1F. The largest absolute Gasteiger partial charge is 0.486 e. The topological polar surface area (TPSA) is 59.5 Å². The van der Waals surface area contributed by atoms with E-state index in [1.807, 2.05) is 31.2 Å². The van der Waals surface area contributed by atoms with Crippen LogP contribution in [0.3, 0.4) is 0 Å². The number of thiophene rings is 1. The minimum absolute atomic E-state index is 0.140. The highest BCUT2D eigenvalue weighted by Gasteiger charge is 2.31. The maximum absolute atomic E-state index is 14.3. The highest BCUT2D eigenvalue weighted by molar-refractivity contribution is 7.19. The van der Waals surface area contributed by atoms with Crippen molar-refractivity contribution < 1.29 is 18.7 Å². The Bertz CT molecular complexity index is 1210. The second kappa shape index (κ2) is 8.45. The van der Waals surface area contributed by atoms with Gasteiger partial charge >= 0.3 is 0 Å². The number of carbonyl (C=O) groups is 2. The monoisotopic (exact) mass is 472 g/mol. The van der Waals surface area contributed by atoms with Crippen LogP contribution in [-0.4, -0.2) is 34.0 Å². The molecule has 2 fully saturated rings. The van der Waals surface area contributed by atoms with Gasteiger partial charge in [0.1, 0.15) is 18.0 Å². The lowest BCUT2D eigenvalue weighted by molar-refractivity contribution is -0.138. The molecule has 2 aromatic heterocycles. The van der Waals surface area contributed by atoms with Crippen molar-refractivity contribution in [2.75, 3.05) is 0 Å². The van der Waals surface area contributed by atoms with Crippen LogP contribution in [0.15, 0.2) is 30.5 Å². The Morgan fingerprint density at radius 2 is 1.97 bits per heavy atom. The van der Waals surface area contributed by atoms with Gasteiger partial charge in [-0.05, 0) is 56.0 Å². The second-order valence-corrected chi connectivity index (χ2v) is 9.93. The predicted molar refractivity (Wildman–Crippen MR) is 123 cm³/mol. The van der Waals surface area contributed by atoms with Crippen molar-refractivity contribution in [1.29, 1.82) is 0 Å². The summed E-state index contributed by atoms with van der Waals surface area (Å²) in [6.45, 7) is 2.16. The number of fused-ring (bicyclic) bond motifs is 1. The molecule has 2 atom stereocenters. The van der Waals surface area contributed by atoms with Crippen LogP contribution in [0.2, 0.25) is 5.02 Å². The van der Waals surface area contributed by atoms with Gasteiger partial charge in [0.25, 0.3) is 0 Å². The first-order valence-electron chi connectivity index (χ1n) is 10.7. The summed E-state index contributed by atoms with van der Waals surface area (Å²) in [4.78, 5) is 30.7. The number of carbonyl (C=O) groups excluding carboxylic acids is 2. The smallest absolute Gasteiger partial charge is 0.230 e. The summed E-state index contributed by atoms with van der Waals surface area (Å²) >= 11 is 7.89. The molecule has 3 aromatic rings. The lowest BCUT2D eigenvalue weighted by Gasteiger charge is -2.21. The number of halogens is 2. The van der Waals surface area contributed by atoms with Crippen molar-refractivity contribution >= 4 is 45.0 Å². The minimum Gasteiger partial charge on any atom is -0.486 e. The molecule has 3 heterocycles. The number of hydrogen-bond acceptors (Lipinski definition) is 5. The van der Waals surface area contributed by atoms with Crippen molar-refractivity contribution in [2.45, 2.75) is 57.8 Å². The molecule has 8 heteroatoms. The fraction of sp³-hybridized carbons (Fsp3) is 0.375. The number of rotatable bonds is 5. The summed E-state index contributed by atoms with van der Waals surface area (Å²) in [5.74, 6) is 0.356. The zero-order valence-electron chi connectivity index (χ0n) is 17.6. The van der Waals surface area contributed by atoms with Crippen LogP contribution in [0, 0.1) is 6.92 Å². The number of nitrogens with zero attached hydrogens (tertiary/aromatic N) is 2. The van der Waals surface area contributed by atoms with E-state index < -0.39 is 12.3 Å². The van der Waals surface area contributed by atoms with Crippen molar-refractivity contribution in [3.8, 4) is 16.9 Å². The molecule has 5 nitrogen and oxygen atoms in total. The van der Waals surface area contributed by atoms with Crippen LogP contribution in [0.25, 0.3) is 21.3 Å². The number of ether oxygens (including phenoxy) is 1. The summed E-state index contributed by atoms with van der Waals surface area (Å²) in [6, 6.07) is 7.47. The first kappa shape index (κ1) is 21.3. The van der Waals surface area contributed by atoms with E-state index in [4.69, 9.17) is 16.3 Å². The lowest BCUT2D eigenvalue weighted by atomic mass is 10.0. The van der Waals surface area contributed by atoms with Crippen LogP contribution in [-0.2, 0) is 16.1 Å². The Balaban J connectivity index is 1.56. The Labute approximate surface area is 194 Å². The Morgan fingerprint density at radius 3 is 2.69 bits per heavy atom. The third-order valence-corrected chi connectivity index (χ3v) is 7.46. The molecular formula is C24H22ClFN2O3S. The van der Waals surface area contributed by atoms with Gasteiger partial charge in [-0.2, -0.15) is 0 Å². The Hall–Kier alpha value is -2.51. The summed E-state index contributed by atoms with van der Waals surface area (Å²) in [5.41, 5.74) is 3.30. The molecule has 0 bridgehead atoms. The van der Waals surface area contributed by atoms with Crippen LogP contribution >= 0.6 is 22.9 Å². The van der Waals surface area contributed by atoms with Gasteiger partial charge in [0.2, 0.25) is 11.8 Å². The average Bonchev–Trinajstić information content (AvgIpc) is 3.44. The van der Waals surface area contributed by atoms with Gasteiger partial charge < -0.3 is 4.74 Å². The van der Waals surface area contributed by atoms with Crippen molar-refractivity contribution in [3.63, 3.8) is 0 Å². The molecule has 1 aromatic carbocycles. The molecule has 0 radical (unpaired) electrons. The van der Waals surface area contributed by atoms with E-state index in [9.17, 15) is 14.0 Å². The highest BCUT2D eigenvalue weighted by atomic mass is 35.5. The molecule has 2 aliphatic rings. The zero-order chi connectivity index (χ0) is 22.4. The van der Waals surface area contributed by atoms with Crippen LogP contribution in [0.5, 0.6) is 5.75 Å². The first-order chi connectivity index (χ1) is 15.4. The maximum atomic E-state index is 14.3. The van der Waals surface area contributed by atoms with E-state index in [0.29, 0.717) is 23.6 Å². The van der Waals surface area contributed by atoms with E-state index in [2.05, 4.69) is 4.98 Å². The van der Waals surface area contributed by atoms with Crippen LogP contribution in [0.4, 0.5) is 4.39 Å². The molecule has 1 saturated heterocycles. The number of aromatic nitrogens is 1. The number of imide groups is 1. The van der Waals surface area contributed by atoms with E-state index in [-0.39, 0.29) is 31.2 Å². The fourth-order valence-corrected chi connectivity index (χ4v) is 5.89. The van der Waals surface area contributed by atoms with Gasteiger partial charge in [0, 0.05) is 40.1 Å². The van der Waals surface area contributed by atoms with E-state index in [0.717, 1.165) is 38.2 Å². The number of benzene rings is 1.